The Balaban J connectivity index is 1.98. The fourth-order valence-corrected chi connectivity index (χ4v) is 5.35. The van der Waals surface area contributed by atoms with Crippen LogP contribution in [0.1, 0.15) is 67.9 Å². The van der Waals surface area contributed by atoms with Gasteiger partial charge in [0.05, 0.1) is 17.0 Å². The second kappa shape index (κ2) is 11.3. The van der Waals surface area contributed by atoms with Crippen molar-refractivity contribution in [1.82, 2.24) is 4.98 Å². The molecule has 0 bridgehead atoms. The molecule has 2 aromatic rings. The van der Waals surface area contributed by atoms with Crippen molar-refractivity contribution < 1.29 is 41.0 Å². The monoisotopic (exact) mass is 556 g/mol. The summed E-state index contributed by atoms with van der Waals surface area (Å²) in [7, 11) is -3.61. The van der Waals surface area contributed by atoms with Crippen LogP contribution in [0.15, 0.2) is 30.5 Å². The number of benzene rings is 1. The number of ether oxygens (including phenoxy) is 1. The number of hydrogen-bond acceptors (Lipinski definition) is 6. The van der Waals surface area contributed by atoms with Gasteiger partial charge >= 0.3 is 12.1 Å². The lowest BCUT2D eigenvalue weighted by Crippen LogP contribution is -2.42. The summed E-state index contributed by atoms with van der Waals surface area (Å²) >= 11 is 0. The van der Waals surface area contributed by atoms with Crippen molar-refractivity contribution in [2.75, 3.05) is 11.2 Å². The Morgan fingerprint density at radius 2 is 1.79 bits per heavy atom. The molecule has 0 unspecified atom stereocenters. The maximum absolute atomic E-state index is 13.7. The molecular formula is C26H31F3N2O6S. The third-order valence-corrected chi connectivity index (χ3v) is 7.29. The third kappa shape index (κ3) is 7.24. The molecule has 0 spiro atoms. The lowest BCUT2D eigenvalue weighted by atomic mass is 9.82. The van der Waals surface area contributed by atoms with E-state index in [1.165, 1.54) is 17.0 Å². The number of alkyl halides is 3. The zero-order valence-electron chi connectivity index (χ0n) is 21.6. The molecule has 1 fully saturated rings. The molecule has 1 amide bonds. The van der Waals surface area contributed by atoms with E-state index in [0.29, 0.717) is 24.8 Å². The summed E-state index contributed by atoms with van der Waals surface area (Å²) in [6.45, 7) is 5.65. The van der Waals surface area contributed by atoms with Gasteiger partial charge in [0.1, 0.15) is 11.3 Å². The van der Waals surface area contributed by atoms with Crippen LogP contribution in [0.25, 0.3) is 0 Å². The number of nitrogens with zero attached hydrogens (tertiary/aromatic N) is 2. The number of carboxylic acid groups (broad SMARTS) is 1. The first kappa shape index (κ1) is 29.4. The van der Waals surface area contributed by atoms with E-state index in [2.05, 4.69) is 11.9 Å². The normalized spacial score (nSPS) is 18.3. The molecule has 38 heavy (non-hydrogen) atoms. The molecule has 8 nitrogen and oxygen atoms in total. The van der Waals surface area contributed by atoms with Crippen molar-refractivity contribution in [2.45, 2.75) is 64.4 Å². The van der Waals surface area contributed by atoms with E-state index in [9.17, 15) is 36.3 Å². The maximum atomic E-state index is 13.7. The highest BCUT2D eigenvalue weighted by atomic mass is 32.2. The molecule has 0 atom stereocenters. The standard InChI is InChI=1S/C26H31F3N2O6S/c1-15(2)31(24(32)18-7-5-16(3)6-8-18)22-10-9-19(12-20(22)25(33)34)37-23-21(26(27,28)29)11-17(13-30-23)14-38(4,35)36/h9-13,15-16,18H,5-8,14H2,1-4H3,(H,33,34)/t16-,18-. The summed E-state index contributed by atoms with van der Waals surface area (Å²) in [5, 5.41) is 9.90. The second-order valence-electron chi connectivity index (χ2n) is 10.1. The Morgan fingerprint density at radius 3 is 2.32 bits per heavy atom. The van der Waals surface area contributed by atoms with E-state index in [1.807, 2.05) is 0 Å². The number of halogens is 3. The number of aromatic nitrogens is 1. The first-order valence-corrected chi connectivity index (χ1v) is 14.2. The number of hydrogen-bond donors (Lipinski definition) is 1. The predicted octanol–water partition coefficient (Wildman–Crippen LogP) is 5.70. The van der Waals surface area contributed by atoms with Crippen molar-refractivity contribution in [1.29, 1.82) is 0 Å². The van der Waals surface area contributed by atoms with Gasteiger partial charge in [0.25, 0.3) is 0 Å². The molecule has 1 heterocycles. The van der Waals surface area contributed by atoms with Crippen LogP contribution in [0.3, 0.4) is 0 Å². The largest absolute Gasteiger partial charge is 0.478 e. The zero-order valence-corrected chi connectivity index (χ0v) is 22.4. The van der Waals surface area contributed by atoms with E-state index in [0.717, 1.165) is 31.4 Å². The lowest BCUT2D eigenvalue weighted by Gasteiger charge is -2.34. The quantitative estimate of drug-likeness (QED) is 0.443. The summed E-state index contributed by atoms with van der Waals surface area (Å²) in [5.74, 6) is -3.02. The van der Waals surface area contributed by atoms with E-state index in [-0.39, 0.29) is 40.4 Å². The van der Waals surface area contributed by atoms with Gasteiger partial charge < -0.3 is 14.7 Å². The minimum Gasteiger partial charge on any atom is -0.478 e. The van der Waals surface area contributed by atoms with Gasteiger partial charge in [0.15, 0.2) is 9.84 Å². The van der Waals surface area contributed by atoms with Crippen molar-refractivity contribution in [3.05, 3.63) is 47.2 Å². The first-order chi connectivity index (χ1) is 17.6. The van der Waals surface area contributed by atoms with Crippen LogP contribution < -0.4 is 9.64 Å². The Hall–Kier alpha value is -3.15. The number of carbonyl (C=O) groups excluding carboxylic acids is 1. The van der Waals surface area contributed by atoms with Gasteiger partial charge in [-0.2, -0.15) is 13.2 Å². The Labute approximate surface area is 219 Å². The van der Waals surface area contributed by atoms with Crippen LogP contribution in [-0.2, 0) is 26.6 Å². The number of sulfone groups is 1. The molecule has 1 aliphatic carbocycles. The Bertz CT molecular complexity index is 1300. The highest BCUT2D eigenvalue weighted by molar-refractivity contribution is 7.89. The fraction of sp³-hybridized carbons (Fsp3) is 0.500. The summed E-state index contributed by atoms with van der Waals surface area (Å²) in [6, 6.07) is 3.94. The molecule has 1 aromatic heterocycles. The molecule has 1 saturated carbocycles. The molecule has 0 saturated heterocycles. The average molecular weight is 557 g/mol. The third-order valence-electron chi connectivity index (χ3n) is 6.43. The van der Waals surface area contributed by atoms with Crippen LogP contribution in [0.5, 0.6) is 11.6 Å². The minimum absolute atomic E-state index is 0.121. The number of rotatable bonds is 8. The molecule has 1 N–H and O–H groups in total. The van der Waals surface area contributed by atoms with Gasteiger partial charge in [-0.15, -0.1) is 0 Å². The number of carbonyl (C=O) groups is 2. The lowest BCUT2D eigenvalue weighted by molar-refractivity contribution is -0.139. The van der Waals surface area contributed by atoms with Crippen LogP contribution >= 0.6 is 0 Å². The van der Waals surface area contributed by atoms with Gasteiger partial charge in [-0.1, -0.05) is 6.92 Å². The molecule has 1 aliphatic rings. The molecule has 12 heteroatoms. The SMILES string of the molecule is CC(C)N(c1ccc(Oc2ncc(CS(C)(=O)=O)cc2C(F)(F)F)cc1C(=O)O)C(=O)[C@H]1CC[C@H](C)CC1. The van der Waals surface area contributed by atoms with Crippen molar-refractivity contribution in [3.63, 3.8) is 0 Å². The van der Waals surface area contributed by atoms with Crippen molar-refractivity contribution >= 4 is 27.4 Å². The Kier molecular flexibility index (Phi) is 8.75. The highest BCUT2D eigenvalue weighted by Crippen LogP contribution is 2.39. The van der Waals surface area contributed by atoms with E-state index in [1.54, 1.807) is 13.8 Å². The summed E-state index contributed by atoms with van der Waals surface area (Å²) in [4.78, 5) is 30.6. The molecular weight excluding hydrogens is 525 g/mol. The van der Waals surface area contributed by atoms with E-state index >= 15 is 0 Å². The van der Waals surface area contributed by atoms with Crippen LogP contribution in [0.4, 0.5) is 18.9 Å². The molecule has 0 aliphatic heterocycles. The number of aromatic carboxylic acids is 1. The highest BCUT2D eigenvalue weighted by Gasteiger charge is 2.37. The fourth-order valence-electron chi connectivity index (χ4n) is 4.59. The second-order valence-corrected chi connectivity index (χ2v) is 12.2. The van der Waals surface area contributed by atoms with E-state index in [4.69, 9.17) is 4.74 Å². The summed E-state index contributed by atoms with van der Waals surface area (Å²) in [6.07, 6.45) is 0.143. The predicted molar refractivity (Wildman–Crippen MR) is 135 cm³/mol. The number of anilines is 1. The number of pyridine rings is 1. The first-order valence-electron chi connectivity index (χ1n) is 12.2. The molecule has 3 rings (SSSR count). The average Bonchev–Trinajstić information content (AvgIpc) is 2.79. The van der Waals surface area contributed by atoms with Gasteiger partial charge in [-0.05, 0) is 75.3 Å². The number of carboxylic acids is 1. The topological polar surface area (TPSA) is 114 Å². The van der Waals surface area contributed by atoms with Gasteiger partial charge in [-0.3, -0.25) is 4.79 Å². The van der Waals surface area contributed by atoms with E-state index < -0.39 is 39.2 Å². The summed E-state index contributed by atoms with van der Waals surface area (Å²) < 4.78 is 69.5. The van der Waals surface area contributed by atoms with Crippen LogP contribution in [0.2, 0.25) is 0 Å². The van der Waals surface area contributed by atoms with Crippen molar-refractivity contribution in [2.24, 2.45) is 11.8 Å². The zero-order chi connectivity index (χ0) is 28.4. The van der Waals surface area contributed by atoms with Gasteiger partial charge in [0.2, 0.25) is 11.8 Å². The van der Waals surface area contributed by atoms with Crippen molar-refractivity contribution in [3.8, 4) is 11.6 Å². The number of amides is 1. The Morgan fingerprint density at radius 1 is 1.16 bits per heavy atom. The van der Waals surface area contributed by atoms with Crippen LogP contribution in [-0.4, -0.2) is 42.7 Å². The smallest absolute Gasteiger partial charge is 0.421 e. The van der Waals surface area contributed by atoms with Gasteiger partial charge in [-0.25, -0.2) is 18.2 Å². The molecule has 1 aromatic carbocycles. The summed E-state index contributed by atoms with van der Waals surface area (Å²) in [5.41, 5.74) is -1.66. The molecule has 208 valence electrons. The maximum Gasteiger partial charge on any atom is 0.421 e. The van der Waals surface area contributed by atoms with Gasteiger partial charge in [0, 0.05) is 24.4 Å². The minimum atomic E-state index is -4.91. The molecule has 0 radical (unpaired) electrons. The van der Waals surface area contributed by atoms with Crippen LogP contribution in [0, 0.1) is 11.8 Å².